The summed E-state index contributed by atoms with van der Waals surface area (Å²) in [4.78, 5) is 29.0. The summed E-state index contributed by atoms with van der Waals surface area (Å²) in [5.74, 6) is 0.702. The van der Waals surface area contributed by atoms with Gasteiger partial charge < -0.3 is 19.6 Å². The summed E-state index contributed by atoms with van der Waals surface area (Å²) in [5, 5.41) is 10.6. The minimum absolute atomic E-state index is 0.119. The van der Waals surface area contributed by atoms with Gasteiger partial charge in [-0.2, -0.15) is 0 Å². The van der Waals surface area contributed by atoms with Gasteiger partial charge in [-0.25, -0.2) is 4.79 Å². The van der Waals surface area contributed by atoms with Crippen LogP contribution in [-0.4, -0.2) is 52.1 Å². The zero-order valence-corrected chi connectivity index (χ0v) is 22.1. The molecule has 6 nitrogen and oxygen atoms in total. The number of carbonyl (C=O) groups excluding carboxylic acids is 2. The van der Waals surface area contributed by atoms with Crippen LogP contribution in [-0.2, 0) is 15.1 Å². The van der Waals surface area contributed by atoms with E-state index in [1.54, 1.807) is 18.7 Å². The molecule has 0 bridgehead atoms. The largest absolute Gasteiger partial charge is 0.438 e. The van der Waals surface area contributed by atoms with Crippen molar-refractivity contribution in [2.75, 3.05) is 19.6 Å². The zero-order chi connectivity index (χ0) is 25.9. The van der Waals surface area contributed by atoms with Crippen LogP contribution >= 0.6 is 0 Å². The fraction of sp³-hybridized carbons (Fsp3) is 0.533. The van der Waals surface area contributed by atoms with Crippen LogP contribution in [0.1, 0.15) is 88.4 Å². The van der Waals surface area contributed by atoms with Crippen LogP contribution in [0, 0.1) is 0 Å². The molecule has 0 aliphatic carbocycles. The van der Waals surface area contributed by atoms with E-state index in [1.807, 2.05) is 49.1 Å². The molecule has 0 unspecified atom stereocenters. The van der Waals surface area contributed by atoms with Crippen LogP contribution in [0.5, 0.6) is 0 Å². The van der Waals surface area contributed by atoms with Crippen molar-refractivity contribution in [3.63, 3.8) is 0 Å². The third-order valence-electron chi connectivity index (χ3n) is 7.80. The Bertz CT molecular complexity index is 1040. The molecule has 2 atom stereocenters. The van der Waals surface area contributed by atoms with Gasteiger partial charge in [0.2, 0.25) is 5.91 Å². The summed E-state index contributed by atoms with van der Waals surface area (Å²) < 4.78 is 6.14. The first-order chi connectivity index (χ1) is 17.1. The van der Waals surface area contributed by atoms with E-state index in [2.05, 4.69) is 24.3 Å². The molecule has 0 aromatic heterocycles. The molecule has 2 aromatic rings. The highest BCUT2D eigenvalue weighted by Crippen LogP contribution is 2.42. The van der Waals surface area contributed by atoms with Gasteiger partial charge >= 0.3 is 6.09 Å². The molecule has 6 heteroatoms. The summed E-state index contributed by atoms with van der Waals surface area (Å²) in [7, 11) is 0. The quantitative estimate of drug-likeness (QED) is 0.533. The van der Waals surface area contributed by atoms with E-state index in [1.165, 1.54) is 5.56 Å². The van der Waals surface area contributed by atoms with Gasteiger partial charge in [-0.1, -0.05) is 61.5 Å². The first kappa shape index (κ1) is 26.2. The summed E-state index contributed by atoms with van der Waals surface area (Å²) in [6, 6.07) is 18.2. The topological polar surface area (TPSA) is 70.1 Å². The maximum absolute atomic E-state index is 13.3. The Hall–Kier alpha value is -2.86. The summed E-state index contributed by atoms with van der Waals surface area (Å²) in [6.07, 6.45) is 3.16. The van der Waals surface area contributed by atoms with Gasteiger partial charge in [0, 0.05) is 38.9 Å². The molecule has 2 heterocycles. The van der Waals surface area contributed by atoms with Crippen molar-refractivity contribution in [3.8, 4) is 0 Å². The molecule has 2 fully saturated rings. The summed E-state index contributed by atoms with van der Waals surface area (Å²) in [6.45, 7) is 9.67. The smallest absolute Gasteiger partial charge is 0.411 e. The molecule has 2 saturated heterocycles. The lowest BCUT2D eigenvalue weighted by Crippen LogP contribution is -2.51. The maximum Gasteiger partial charge on any atom is 0.411 e. The van der Waals surface area contributed by atoms with E-state index in [9.17, 15) is 14.7 Å². The lowest BCUT2D eigenvalue weighted by molar-refractivity contribution is -0.131. The zero-order valence-electron chi connectivity index (χ0n) is 22.1. The predicted octanol–water partition coefficient (Wildman–Crippen LogP) is 5.76. The molecule has 0 radical (unpaired) electrons. The van der Waals surface area contributed by atoms with E-state index < -0.39 is 11.2 Å². The number of cyclic esters (lactones) is 1. The Morgan fingerprint density at radius 2 is 1.72 bits per heavy atom. The summed E-state index contributed by atoms with van der Waals surface area (Å²) >= 11 is 0. The number of hydrogen-bond donors (Lipinski definition) is 1. The van der Waals surface area contributed by atoms with Gasteiger partial charge in [0.1, 0.15) is 5.60 Å². The number of amides is 2. The van der Waals surface area contributed by atoms with Crippen molar-refractivity contribution in [1.29, 1.82) is 0 Å². The minimum Gasteiger partial charge on any atom is -0.438 e. The van der Waals surface area contributed by atoms with E-state index in [-0.39, 0.29) is 18.0 Å². The van der Waals surface area contributed by atoms with E-state index in [0.717, 1.165) is 37.1 Å². The molecule has 2 aromatic carbocycles. The number of nitrogens with zero attached hydrogens (tertiary/aromatic N) is 2. The number of rotatable bonds is 7. The monoisotopic (exact) mass is 492 g/mol. The van der Waals surface area contributed by atoms with Crippen LogP contribution in [0.3, 0.4) is 0 Å². The number of hydrogen-bond acceptors (Lipinski definition) is 4. The molecule has 4 rings (SSSR count). The van der Waals surface area contributed by atoms with Crippen LogP contribution < -0.4 is 0 Å². The second kappa shape index (κ2) is 10.6. The molecule has 0 spiro atoms. The second-order valence-electron chi connectivity index (χ2n) is 11.0. The third-order valence-corrected chi connectivity index (χ3v) is 7.80. The lowest BCUT2D eigenvalue weighted by atomic mass is 9.80. The standard InChI is InChI=1S/C30H40N2O4/c1-5-27(33)31-18-15-25(16-19-31)24-13-11-23(12-14-24)22(2)32-20-17-30(36-28(32)34,21-29(3,4)35)26-9-7-6-8-10-26/h6-14,22,25,35H,5,15-21H2,1-4H3/t22-,30-/m0/s1. The number of benzene rings is 2. The first-order valence-electron chi connectivity index (χ1n) is 13.3. The molecule has 2 aliphatic rings. The van der Waals surface area contributed by atoms with Crippen molar-refractivity contribution in [3.05, 3.63) is 71.3 Å². The van der Waals surface area contributed by atoms with Crippen molar-refractivity contribution in [2.45, 2.75) is 83.0 Å². The van der Waals surface area contributed by atoms with Gasteiger partial charge in [-0.3, -0.25) is 4.79 Å². The second-order valence-corrected chi connectivity index (χ2v) is 11.0. The van der Waals surface area contributed by atoms with Crippen molar-refractivity contribution >= 4 is 12.0 Å². The van der Waals surface area contributed by atoms with Gasteiger partial charge in [0.15, 0.2) is 0 Å². The van der Waals surface area contributed by atoms with Gasteiger partial charge in [-0.15, -0.1) is 0 Å². The van der Waals surface area contributed by atoms with E-state index in [0.29, 0.717) is 31.7 Å². The fourth-order valence-electron chi connectivity index (χ4n) is 5.80. The molecular weight excluding hydrogens is 452 g/mol. The molecular formula is C30H40N2O4. The Morgan fingerprint density at radius 1 is 1.08 bits per heavy atom. The number of likely N-dealkylation sites (tertiary alicyclic amines) is 1. The summed E-state index contributed by atoms with van der Waals surface area (Å²) in [5.41, 5.74) is 1.47. The van der Waals surface area contributed by atoms with Crippen molar-refractivity contribution < 1.29 is 19.4 Å². The highest BCUT2D eigenvalue weighted by Gasteiger charge is 2.46. The number of ether oxygens (including phenoxy) is 1. The van der Waals surface area contributed by atoms with Crippen LogP contribution in [0.4, 0.5) is 4.79 Å². The maximum atomic E-state index is 13.3. The lowest BCUT2D eigenvalue weighted by Gasteiger charge is -2.45. The Labute approximate surface area is 215 Å². The number of aliphatic hydroxyl groups is 1. The SMILES string of the molecule is CCC(=O)N1CCC(c2ccc([C@H](C)N3CC[C@](CC(C)(C)O)(c4ccccc4)OC3=O)cc2)CC1. The van der Waals surface area contributed by atoms with Crippen molar-refractivity contribution in [2.24, 2.45) is 0 Å². The van der Waals surface area contributed by atoms with E-state index in [4.69, 9.17) is 4.74 Å². The van der Waals surface area contributed by atoms with Crippen LogP contribution in [0.2, 0.25) is 0 Å². The molecule has 0 saturated carbocycles. The normalized spacial score (nSPS) is 22.3. The molecule has 2 aliphatic heterocycles. The molecule has 1 N–H and O–H groups in total. The Kier molecular flexibility index (Phi) is 7.74. The average Bonchev–Trinajstić information content (AvgIpc) is 2.88. The Balaban J connectivity index is 1.43. The van der Waals surface area contributed by atoms with Gasteiger partial charge in [-0.05, 0) is 56.2 Å². The predicted molar refractivity (Wildman–Crippen MR) is 141 cm³/mol. The Morgan fingerprint density at radius 3 is 2.28 bits per heavy atom. The van der Waals surface area contributed by atoms with Gasteiger partial charge in [0.25, 0.3) is 0 Å². The number of carbonyl (C=O) groups is 2. The molecule has 2 amide bonds. The number of piperidine rings is 1. The van der Waals surface area contributed by atoms with Crippen LogP contribution in [0.25, 0.3) is 0 Å². The van der Waals surface area contributed by atoms with Crippen LogP contribution in [0.15, 0.2) is 54.6 Å². The van der Waals surface area contributed by atoms with Crippen molar-refractivity contribution in [1.82, 2.24) is 9.80 Å². The van der Waals surface area contributed by atoms with E-state index >= 15 is 0 Å². The third kappa shape index (κ3) is 5.75. The fourth-order valence-corrected chi connectivity index (χ4v) is 5.80. The average molecular weight is 493 g/mol. The minimum atomic E-state index is -0.973. The molecule has 194 valence electrons. The highest BCUT2D eigenvalue weighted by molar-refractivity contribution is 5.75. The first-order valence-corrected chi connectivity index (χ1v) is 13.3. The highest BCUT2D eigenvalue weighted by atomic mass is 16.6. The molecule has 36 heavy (non-hydrogen) atoms. The van der Waals surface area contributed by atoms with Gasteiger partial charge in [0.05, 0.1) is 11.6 Å².